The SMILES string of the molecule is CC(=O)Oc1nccnc1CC(N)=O. The van der Waals surface area contributed by atoms with Crippen LogP contribution in [-0.2, 0) is 16.0 Å². The monoisotopic (exact) mass is 195 g/mol. The zero-order chi connectivity index (χ0) is 10.6. The van der Waals surface area contributed by atoms with Gasteiger partial charge >= 0.3 is 5.97 Å². The van der Waals surface area contributed by atoms with Gasteiger partial charge in [0.05, 0.1) is 6.42 Å². The molecule has 1 aromatic rings. The van der Waals surface area contributed by atoms with Crippen LogP contribution in [0.3, 0.4) is 0 Å². The molecule has 0 fully saturated rings. The van der Waals surface area contributed by atoms with Gasteiger partial charge in [-0.25, -0.2) is 4.98 Å². The third-order valence-electron chi connectivity index (χ3n) is 1.32. The molecule has 0 bridgehead atoms. The number of nitrogens with two attached hydrogens (primary N) is 1. The molecular weight excluding hydrogens is 186 g/mol. The van der Waals surface area contributed by atoms with Crippen molar-refractivity contribution in [3.05, 3.63) is 18.1 Å². The third-order valence-corrected chi connectivity index (χ3v) is 1.32. The summed E-state index contributed by atoms with van der Waals surface area (Å²) in [5.41, 5.74) is 5.24. The van der Waals surface area contributed by atoms with Crippen molar-refractivity contribution >= 4 is 11.9 Å². The maximum atomic E-state index is 10.6. The highest BCUT2D eigenvalue weighted by atomic mass is 16.5. The van der Waals surface area contributed by atoms with E-state index in [4.69, 9.17) is 10.5 Å². The van der Waals surface area contributed by atoms with Crippen molar-refractivity contribution < 1.29 is 14.3 Å². The van der Waals surface area contributed by atoms with Crippen molar-refractivity contribution in [1.82, 2.24) is 9.97 Å². The quantitative estimate of drug-likeness (QED) is 0.651. The van der Waals surface area contributed by atoms with E-state index in [0.717, 1.165) is 0 Å². The molecule has 14 heavy (non-hydrogen) atoms. The van der Waals surface area contributed by atoms with Gasteiger partial charge in [-0.1, -0.05) is 0 Å². The summed E-state index contributed by atoms with van der Waals surface area (Å²) in [6.07, 6.45) is 2.66. The molecule has 1 amide bonds. The highest BCUT2D eigenvalue weighted by Gasteiger charge is 2.10. The fourth-order valence-electron chi connectivity index (χ4n) is 0.862. The van der Waals surface area contributed by atoms with Gasteiger partial charge in [0.2, 0.25) is 11.8 Å². The molecule has 0 saturated carbocycles. The van der Waals surface area contributed by atoms with Gasteiger partial charge in [-0.3, -0.25) is 14.6 Å². The standard InChI is InChI=1S/C8H9N3O3/c1-5(12)14-8-6(4-7(9)13)10-2-3-11-8/h2-3H,4H2,1H3,(H2,9,13). The van der Waals surface area contributed by atoms with Gasteiger partial charge in [-0.05, 0) is 0 Å². The number of carbonyl (C=O) groups excluding carboxylic acids is 2. The normalized spacial score (nSPS) is 9.50. The number of rotatable bonds is 3. The van der Waals surface area contributed by atoms with E-state index in [2.05, 4.69) is 9.97 Å². The molecule has 0 spiro atoms. The molecule has 1 heterocycles. The van der Waals surface area contributed by atoms with Crippen LogP contribution in [0.1, 0.15) is 12.6 Å². The number of primary amides is 1. The van der Waals surface area contributed by atoms with Crippen molar-refractivity contribution in [2.24, 2.45) is 5.73 Å². The van der Waals surface area contributed by atoms with E-state index in [1.165, 1.54) is 19.3 Å². The van der Waals surface area contributed by atoms with E-state index in [-0.39, 0.29) is 18.0 Å². The summed E-state index contributed by atoms with van der Waals surface area (Å²) in [5, 5.41) is 0. The number of esters is 1. The maximum absolute atomic E-state index is 10.6. The Kier molecular flexibility index (Phi) is 3.11. The number of ether oxygens (including phenoxy) is 1. The van der Waals surface area contributed by atoms with Gasteiger partial charge in [0, 0.05) is 19.3 Å². The van der Waals surface area contributed by atoms with Crippen LogP contribution in [-0.4, -0.2) is 21.8 Å². The van der Waals surface area contributed by atoms with E-state index in [0.29, 0.717) is 0 Å². The van der Waals surface area contributed by atoms with E-state index >= 15 is 0 Å². The Morgan fingerprint density at radius 3 is 2.64 bits per heavy atom. The van der Waals surface area contributed by atoms with Gasteiger partial charge in [0.1, 0.15) is 5.69 Å². The van der Waals surface area contributed by atoms with Crippen LogP contribution < -0.4 is 10.5 Å². The number of hydrogen-bond acceptors (Lipinski definition) is 5. The van der Waals surface area contributed by atoms with Crippen LogP contribution in [0.25, 0.3) is 0 Å². The van der Waals surface area contributed by atoms with Gasteiger partial charge in [-0.15, -0.1) is 0 Å². The molecule has 74 valence electrons. The van der Waals surface area contributed by atoms with Crippen molar-refractivity contribution in [1.29, 1.82) is 0 Å². The molecule has 6 heteroatoms. The third kappa shape index (κ3) is 2.81. The van der Waals surface area contributed by atoms with Gasteiger partial charge in [0.25, 0.3) is 0 Å². The Balaban J connectivity index is 2.90. The summed E-state index contributed by atoms with van der Waals surface area (Å²) in [6.45, 7) is 1.24. The highest BCUT2D eigenvalue weighted by Crippen LogP contribution is 2.11. The molecule has 2 N–H and O–H groups in total. The van der Waals surface area contributed by atoms with E-state index in [1.54, 1.807) is 0 Å². The average Bonchev–Trinajstić information content (AvgIpc) is 2.06. The van der Waals surface area contributed by atoms with Crippen molar-refractivity contribution in [2.75, 3.05) is 0 Å². The van der Waals surface area contributed by atoms with E-state index < -0.39 is 11.9 Å². The Labute approximate surface area is 80.1 Å². The molecule has 1 aromatic heterocycles. The lowest BCUT2D eigenvalue weighted by molar-refractivity contribution is -0.132. The van der Waals surface area contributed by atoms with Crippen molar-refractivity contribution in [3.8, 4) is 5.88 Å². The molecule has 0 aliphatic carbocycles. The van der Waals surface area contributed by atoms with Gasteiger partial charge < -0.3 is 10.5 Å². The molecule has 6 nitrogen and oxygen atoms in total. The second-order valence-electron chi connectivity index (χ2n) is 2.54. The zero-order valence-corrected chi connectivity index (χ0v) is 7.56. The first-order valence-corrected chi connectivity index (χ1v) is 3.86. The minimum atomic E-state index is -0.557. The molecule has 1 rings (SSSR count). The summed E-state index contributed by atoms with van der Waals surface area (Å²) in [7, 11) is 0. The summed E-state index contributed by atoms with van der Waals surface area (Å²) in [4.78, 5) is 28.9. The zero-order valence-electron chi connectivity index (χ0n) is 7.56. The minimum absolute atomic E-state index is 0.0267. The molecule has 0 aliphatic heterocycles. The fourth-order valence-corrected chi connectivity index (χ4v) is 0.862. The van der Waals surface area contributed by atoms with Crippen LogP contribution in [0.5, 0.6) is 5.88 Å². The molecular formula is C8H9N3O3. The molecule has 0 aliphatic rings. The lowest BCUT2D eigenvalue weighted by Crippen LogP contribution is -2.16. The van der Waals surface area contributed by atoms with Crippen molar-refractivity contribution in [2.45, 2.75) is 13.3 Å². The molecule has 0 unspecified atom stereocenters. The van der Waals surface area contributed by atoms with Crippen LogP contribution in [0.15, 0.2) is 12.4 Å². The largest absolute Gasteiger partial charge is 0.406 e. The van der Waals surface area contributed by atoms with E-state index in [9.17, 15) is 9.59 Å². The maximum Gasteiger partial charge on any atom is 0.309 e. The smallest absolute Gasteiger partial charge is 0.309 e. The highest BCUT2D eigenvalue weighted by molar-refractivity contribution is 5.77. The molecule has 0 atom stereocenters. The predicted molar refractivity (Wildman–Crippen MR) is 46.2 cm³/mol. The lowest BCUT2D eigenvalue weighted by atomic mass is 10.3. The van der Waals surface area contributed by atoms with Crippen molar-refractivity contribution in [3.63, 3.8) is 0 Å². The molecule has 0 radical (unpaired) electrons. The Bertz CT molecular complexity index is 330. The van der Waals surface area contributed by atoms with Crippen LogP contribution in [0, 0.1) is 0 Å². The van der Waals surface area contributed by atoms with E-state index in [1.807, 2.05) is 0 Å². The Hall–Kier alpha value is -1.98. The summed E-state index contributed by atoms with van der Waals surface area (Å²) in [6, 6.07) is 0. The summed E-state index contributed by atoms with van der Waals surface area (Å²) < 4.78 is 4.73. The first kappa shape index (κ1) is 10.1. The van der Waals surface area contributed by atoms with Gasteiger partial charge in [-0.2, -0.15) is 0 Å². The molecule has 0 aromatic carbocycles. The summed E-state index contributed by atoms with van der Waals surface area (Å²) >= 11 is 0. The van der Waals surface area contributed by atoms with Gasteiger partial charge in [0.15, 0.2) is 0 Å². The number of aromatic nitrogens is 2. The second-order valence-corrected chi connectivity index (χ2v) is 2.54. The number of nitrogens with zero attached hydrogens (tertiary/aromatic N) is 2. The van der Waals surface area contributed by atoms with Crippen LogP contribution in [0.2, 0.25) is 0 Å². The number of hydrogen-bond donors (Lipinski definition) is 1. The topological polar surface area (TPSA) is 95.2 Å². The number of carbonyl (C=O) groups is 2. The minimum Gasteiger partial charge on any atom is -0.406 e. The fraction of sp³-hybridized carbons (Fsp3) is 0.250. The predicted octanol–water partition coefficient (Wildman–Crippen LogP) is -0.570. The van der Waals surface area contributed by atoms with Crippen LogP contribution in [0.4, 0.5) is 0 Å². The summed E-state index contributed by atoms with van der Waals surface area (Å²) in [5.74, 6) is -1.05. The Morgan fingerprint density at radius 1 is 1.43 bits per heavy atom. The molecule has 0 saturated heterocycles. The Morgan fingerprint density at radius 2 is 2.07 bits per heavy atom. The van der Waals surface area contributed by atoms with Crippen LogP contribution >= 0.6 is 0 Å². The first-order chi connectivity index (χ1) is 6.59. The second kappa shape index (κ2) is 4.31. The first-order valence-electron chi connectivity index (χ1n) is 3.86. The average molecular weight is 195 g/mol. The lowest BCUT2D eigenvalue weighted by Gasteiger charge is -2.03. The number of amides is 1.